The SMILES string of the molecule is Cc1oncc1C(=O)Nc1ccc(Br)nc1. The van der Waals surface area contributed by atoms with Gasteiger partial charge in [-0.3, -0.25) is 4.79 Å². The molecule has 1 amide bonds. The number of amides is 1. The van der Waals surface area contributed by atoms with Crippen molar-refractivity contribution in [1.82, 2.24) is 10.1 Å². The molecule has 16 heavy (non-hydrogen) atoms. The summed E-state index contributed by atoms with van der Waals surface area (Å²) in [6.07, 6.45) is 2.95. The fourth-order valence-electron chi connectivity index (χ4n) is 1.16. The summed E-state index contributed by atoms with van der Waals surface area (Å²) in [6.45, 7) is 1.68. The van der Waals surface area contributed by atoms with Gasteiger partial charge < -0.3 is 9.84 Å². The first-order valence-corrected chi connectivity index (χ1v) is 5.30. The van der Waals surface area contributed by atoms with Gasteiger partial charge in [-0.2, -0.15) is 0 Å². The van der Waals surface area contributed by atoms with Gasteiger partial charge in [-0.15, -0.1) is 0 Å². The molecule has 0 fully saturated rings. The maximum atomic E-state index is 11.7. The number of hydrogen-bond donors (Lipinski definition) is 1. The van der Waals surface area contributed by atoms with E-state index < -0.39 is 0 Å². The van der Waals surface area contributed by atoms with Gasteiger partial charge in [0.15, 0.2) is 0 Å². The van der Waals surface area contributed by atoms with E-state index >= 15 is 0 Å². The lowest BCUT2D eigenvalue weighted by Gasteiger charge is -2.02. The number of hydrogen-bond acceptors (Lipinski definition) is 4. The molecule has 2 aromatic heterocycles. The largest absolute Gasteiger partial charge is 0.361 e. The van der Waals surface area contributed by atoms with Gasteiger partial charge in [0, 0.05) is 0 Å². The number of carbonyl (C=O) groups excluding carboxylic acids is 1. The summed E-state index contributed by atoms with van der Waals surface area (Å²) in [5.74, 6) is 0.227. The minimum absolute atomic E-state index is 0.261. The zero-order chi connectivity index (χ0) is 11.5. The van der Waals surface area contributed by atoms with E-state index in [4.69, 9.17) is 4.52 Å². The molecule has 6 heteroatoms. The Balaban J connectivity index is 2.14. The summed E-state index contributed by atoms with van der Waals surface area (Å²) in [4.78, 5) is 15.7. The highest BCUT2D eigenvalue weighted by Gasteiger charge is 2.12. The first-order valence-electron chi connectivity index (χ1n) is 4.51. The van der Waals surface area contributed by atoms with Crippen molar-refractivity contribution in [2.75, 3.05) is 5.32 Å². The zero-order valence-corrected chi connectivity index (χ0v) is 9.98. The Hall–Kier alpha value is -1.69. The summed E-state index contributed by atoms with van der Waals surface area (Å²) >= 11 is 3.21. The highest BCUT2D eigenvalue weighted by Crippen LogP contribution is 2.13. The molecule has 0 aliphatic rings. The number of halogens is 1. The van der Waals surface area contributed by atoms with Crippen LogP contribution in [0.3, 0.4) is 0 Å². The van der Waals surface area contributed by atoms with Crippen LogP contribution in [0.2, 0.25) is 0 Å². The first-order chi connectivity index (χ1) is 7.66. The smallest absolute Gasteiger partial charge is 0.260 e. The number of rotatable bonds is 2. The molecule has 5 nitrogen and oxygen atoms in total. The fraction of sp³-hybridized carbons (Fsp3) is 0.100. The van der Waals surface area contributed by atoms with E-state index in [1.807, 2.05) is 0 Å². The molecule has 0 aromatic carbocycles. The van der Waals surface area contributed by atoms with Crippen molar-refractivity contribution in [2.24, 2.45) is 0 Å². The van der Waals surface area contributed by atoms with Crippen LogP contribution in [0.25, 0.3) is 0 Å². The number of aryl methyl sites for hydroxylation is 1. The number of nitrogens with zero attached hydrogens (tertiary/aromatic N) is 2. The van der Waals surface area contributed by atoms with E-state index in [1.54, 1.807) is 25.3 Å². The standard InChI is InChI=1S/C10H8BrN3O2/c1-6-8(5-13-16-6)10(15)14-7-2-3-9(11)12-4-7/h2-5H,1H3,(H,14,15). The third-order valence-electron chi connectivity index (χ3n) is 1.98. The van der Waals surface area contributed by atoms with Crippen LogP contribution in [0.1, 0.15) is 16.1 Å². The minimum atomic E-state index is -0.261. The third kappa shape index (κ3) is 2.27. The maximum Gasteiger partial charge on any atom is 0.260 e. The van der Waals surface area contributed by atoms with Crippen LogP contribution in [0, 0.1) is 6.92 Å². The van der Waals surface area contributed by atoms with Gasteiger partial charge >= 0.3 is 0 Å². The predicted octanol–water partition coefficient (Wildman–Crippen LogP) is 2.39. The van der Waals surface area contributed by atoms with Gasteiger partial charge in [-0.25, -0.2) is 4.98 Å². The summed E-state index contributed by atoms with van der Waals surface area (Å²) in [5, 5.41) is 6.23. The molecule has 0 aliphatic heterocycles. The topological polar surface area (TPSA) is 68.0 Å². The molecule has 2 aromatic rings. The molecule has 82 valence electrons. The minimum Gasteiger partial charge on any atom is -0.361 e. The van der Waals surface area contributed by atoms with Crippen molar-refractivity contribution in [2.45, 2.75) is 6.92 Å². The molecular weight excluding hydrogens is 274 g/mol. The van der Waals surface area contributed by atoms with E-state index in [0.717, 1.165) is 0 Å². The van der Waals surface area contributed by atoms with Gasteiger partial charge in [-0.05, 0) is 35.0 Å². The molecule has 0 aliphatic carbocycles. The summed E-state index contributed by atoms with van der Waals surface area (Å²) in [7, 11) is 0. The van der Waals surface area contributed by atoms with E-state index in [0.29, 0.717) is 21.6 Å². The Morgan fingerprint density at radius 2 is 2.25 bits per heavy atom. The van der Waals surface area contributed by atoms with Gasteiger partial charge in [0.2, 0.25) is 0 Å². The van der Waals surface area contributed by atoms with Gasteiger partial charge in [0.05, 0.1) is 18.1 Å². The second-order valence-electron chi connectivity index (χ2n) is 3.12. The average Bonchev–Trinajstić information content (AvgIpc) is 2.68. The Labute approximate surface area is 100.0 Å². The first kappa shape index (κ1) is 10.8. The molecule has 0 bridgehead atoms. The number of aromatic nitrogens is 2. The number of anilines is 1. The summed E-state index contributed by atoms with van der Waals surface area (Å²) in [6, 6.07) is 3.49. The normalized spacial score (nSPS) is 10.1. The quantitative estimate of drug-likeness (QED) is 0.859. The lowest BCUT2D eigenvalue weighted by molar-refractivity contribution is 0.102. The van der Waals surface area contributed by atoms with Crippen molar-refractivity contribution in [1.29, 1.82) is 0 Å². The molecule has 1 N–H and O–H groups in total. The van der Waals surface area contributed by atoms with Gasteiger partial charge in [0.1, 0.15) is 15.9 Å². The van der Waals surface area contributed by atoms with Gasteiger partial charge in [-0.1, -0.05) is 5.16 Å². The highest BCUT2D eigenvalue weighted by atomic mass is 79.9. The van der Waals surface area contributed by atoms with E-state index in [2.05, 4.69) is 31.4 Å². The van der Waals surface area contributed by atoms with Crippen molar-refractivity contribution in [3.63, 3.8) is 0 Å². The molecule has 0 unspecified atom stereocenters. The molecule has 0 saturated carbocycles. The van der Waals surface area contributed by atoms with Crippen molar-refractivity contribution >= 4 is 27.5 Å². The van der Waals surface area contributed by atoms with Crippen LogP contribution < -0.4 is 5.32 Å². The molecule has 0 radical (unpaired) electrons. The highest BCUT2D eigenvalue weighted by molar-refractivity contribution is 9.10. The van der Waals surface area contributed by atoms with Crippen molar-refractivity contribution < 1.29 is 9.32 Å². The van der Waals surface area contributed by atoms with E-state index in [1.165, 1.54) is 6.20 Å². The average molecular weight is 282 g/mol. The lowest BCUT2D eigenvalue weighted by Crippen LogP contribution is -2.12. The molecule has 0 saturated heterocycles. The lowest BCUT2D eigenvalue weighted by atomic mass is 10.2. The predicted molar refractivity (Wildman–Crippen MR) is 61.1 cm³/mol. The molecule has 2 rings (SSSR count). The Morgan fingerprint density at radius 3 is 2.81 bits per heavy atom. The number of carbonyl (C=O) groups is 1. The zero-order valence-electron chi connectivity index (χ0n) is 8.40. The van der Waals surface area contributed by atoms with E-state index in [-0.39, 0.29) is 5.91 Å². The van der Waals surface area contributed by atoms with Crippen molar-refractivity contribution in [3.05, 3.63) is 40.5 Å². The molecule has 0 spiro atoms. The Kier molecular flexibility index (Phi) is 3.00. The maximum absolute atomic E-state index is 11.7. The van der Waals surface area contributed by atoms with Gasteiger partial charge in [0.25, 0.3) is 5.91 Å². The monoisotopic (exact) mass is 281 g/mol. The fourth-order valence-corrected chi connectivity index (χ4v) is 1.40. The number of pyridine rings is 1. The Morgan fingerprint density at radius 1 is 1.44 bits per heavy atom. The third-order valence-corrected chi connectivity index (χ3v) is 2.45. The van der Waals surface area contributed by atoms with Crippen LogP contribution in [0.4, 0.5) is 5.69 Å². The van der Waals surface area contributed by atoms with Crippen LogP contribution in [-0.2, 0) is 0 Å². The summed E-state index contributed by atoms with van der Waals surface area (Å²) < 4.78 is 5.52. The van der Waals surface area contributed by atoms with Crippen molar-refractivity contribution in [3.8, 4) is 0 Å². The van der Waals surface area contributed by atoms with Crippen LogP contribution in [0.15, 0.2) is 33.7 Å². The summed E-state index contributed by atoms with van der Waals surface area (Å²) in [5.41, 5.74) is 1.04. The second-order valence-corrected chi connectivity index (χ2v) is 3.93. The van der Waals surface area contributed by atoms with Crippen LogP contribution >= 0.6 is 15.9 Å². The molecule has 2 heterocycles. The van der Waals surface area contributed by atoms with Crippen LogP contribution in [-0.4, -0.2) is 16.0 Å². The van der Waals surface area contributed by atoms with Crippen LogP contribution in [0.5, 0.6) is 0 Å². The molecular formula is C10H8BrN3O2. The second kappa shape index (κ2) is 4.44. The Bertz CT molecular complexity index is 507. The molecule has 0 atom stereocenters. The number of nitrogens with one attached hydrogen (secondary N) is 1. The van der Waals surface area contributed by atoms with E-state index in [9.17, 15) is 4.79 Å².